The maximum absolute atomic E-state index is 12.7. The third-order valence-corrected chi connectivity index (χ3v) is 4.43. The summed E-state index contributed by atoms with van der Waals surface area (Å²) in [5.74, 6) is 1.61. The maximum Gasteiger partial charge on any atom is 0.429 e. The van der Waals surface area contributed by atoms with E-state index in [0.717, 1.165) is 11.3 Å². The Hall–Kier alpha value is -2.53. The Morgan fingerprint density at radius 3 is 2.57 bits per heavy atom. The summed E-state index contributed by atoms with van der Waals surface area (Å²) in [6.45, 7) is 0.398. The van der Waals surface area contributed by atoms with Gasteiger partial charge in [-0.3, -0.25) is 4.79 Å². The van der Waals surface area contributed by atoms with Crippen LogP contribution < -0.4 is 0 Å². The lowest BCUT2D eigenvalue weighted by molar-refractivity contribution is 0.0163. The Morgan fingerprint density at radius 2 is 1.91 bits per heavy atom. The number of nitrogens with zero attached hydrogens (tertiary/aromatic N) is 2. The van der Waals surface area contributed by atoms with E-state index >= 15 is 0 Å². The number of carbonyl (C=O) groups is 2. The molecule has 7 nitrogen and oxygen atoms in total. The standard InChI is InChI=1S/C15H16N2O5S/c1-3-11-22-15(19)17-10-6-9-16(17)14(18)12-7-4-5-8-13(12)23(2,20)21/h1,4-5,7-8H,6,9-11H2,2H3. The Kier molecular flexibility index (Phi) is 4.91. The van der Waals surface area contributed by atoms with E-state index in [4.69, 9.17) is 11.2 Å². The molecule has 122 valence electrons. The molecule has 0 N–H and O–H groups in total. The van der Waals surface area contributed by atoms with Crippen molar-refractivity contribution in [3.05, 3.63) is 29.8 Å². The predicted molar refractivity (Wildman–Crippen MR) is 82.1 cm³/mol. The van der Waals surface area contributed by atoms with Crippen LogP contribution >= 0.6 is 0 Å². The van der Waals surface area contributed by atoms with E-state index in [1.165, 1.54) is 23.2 Å². The van der Waals surface area contributed by atoms with E-state index in [2.05, 4.69) is 5.92 Å². The van der Waals surface area contributed by atoms with Crippen LogP contribution in [-0.2, 0) is 14.6 Å². The molecule has 0 bridgehead atoms. The largest absolute Gasteiger partial charge is 0.435 e. The summed E-state index contributed by atoms with van der Waals surface area (Å²) in [5.41, 5.74) is 0.0200. The number of sulfone groups is 1. The van der Waals surface area contributed by atoms with Gasteiger partial charge in [-0.1, -0.05) is 18.1 Å². The van der Waals surface area contributed by atoms with Crippen LogP contribution in [0.1, 0.15) is 16.8 Å². The number of hydrazine groups is 1. The van der Waals surface area contributed by atoms with Gasteiger partial charge in [0.1, 0.15) is 0 Å². The van der Waals surface area contributed by atoms with Gasteiger partial charge in [0, 0.05) is 19.3 Å². The van der Waals surface area contributed by atoms with Gasteiger partial charge in [0.25, 0.3) is 5.91 Å². The summed E-state index contributed by atoms with van der Waals surface area (Å²) >= 11 is 0. The van der Waals surface area contributed by atoms with Gasteiger partial charge >= 0.3 is 6.09 Å². The molecule has 0 radical (unpaired) electrons. The van der Waals surface area contributed by atoms with E-state index in [-0.39, 0.29) is 17.1 Å². The topological polar surface area (TPSA) is 84.0 Å². The summed E-state index contributed by atoms with van der Waals surface area (Å²) in [7, 11) is -3.57. The SMILES string of the molecule is C#CCOC(=O)N1CCCN1C(=O)c1ccccc1S(C)(=O)=O. The first kappa shape index (κ1) is 16.8. The van der Waals surface area contributed by atoms with Crippen molar-refractivity contribution in [3.8, 4) is 12.3 Å². The lowest BCUT2D eigenvalue weighted by Gasteiger charge is -2.27. The van der Waals surface area contributed by atoms with E-state index < -0.39 is 21.8 Å². The van der Waals surface area contributed by atoms with Crippen LogP contribution in [0.4, 0.5) is 4.79 Å². The monoisotopic (exact) mass is 336 g/mol. The van der Waals surface area contributed by atoms with Crippen LogP contribution in [0.15, 0.2) is 29.2 Å². The quantitative estimate of drug-likeness (QED) is 0.767. The smallest absolute Gasteiger partial charge is 0.429 e. The molecule has 1 aromatic rings. The molecular formula is C15H16N2O5S. The number of rotatable bonds is 3. The van der Waals surface area contributed by atoms with Crippen molar-refractivity contribution in [2.24, 2.45) is 0 Å². The summed E-state index contributed by atoms with van der Waals surface area (Å²) < 4.78 is 28.5. The van der Waals surface area contributed by atoms with Gasteiger partial charge in [-0.05, 0) is 18.6 Å². The van der Waals surface area contributed by atoms with Gasteiger partial charge in [-0.15, -0.1) is 6.42 Å². The number of carbonyl (C=O) groups excluding carboxylic acids is 2. The zero-order valence-corrected chi connectivity index (χ0v) is 13.4. The molecule has 2 amide bonds. The van der Waals surface area contributed by atoms with Gasteiger partial charge in [-0.25, -0.2) is 23.2 Å². The number of hydrogen-bond acceptors (Lipinski definition) is 5. The first-order valence-electron chi connectivity index (χ1n) is 6.85. The molecule has 1 heterocycles. The summed E-state index contributed by atoms with van der Waals surface area (Å²) in [6, 6.07) is 5.89. The number of hydrogen-bond donors (Lipinski definition) is 0. The van der Waals surface area contributed by atoms with Crippen LogP contribution in [0.25, 0.3) is 0 Å². The van der Waals surface area contributed by atoms with Gasteiger partial charge in [-0.2, -0.15) is 0 Å². The van der Waals surface area contributed by atoms with E-state index in [1.54, 1.807) is 6.07 Å². The Morgan fingerprint density at radius 1 is 1.26 bits per heavy atom. The average molecular weight is 336 g/mol. The number of ether oxygens (including phenoxy) is 1. The van der Waals surface area contributed by atoms with Crippen LogP contribution in [0, 0.1) is 12.3 Å². The van der Waals surface area contributed by atoms with Crippen molar-refractivity contribution in [3.63, 3.8) is 0 Å². The highest BCUT2D eigenvalue weighted by Crippen LogP contribution is 2.21. The normalized spacial score (nSPS) is 14.4. The van der Waals surface area contributed by atoms with Crippen LogP contribution in [0.5, 0.6) is 0 Å². The summed E-state index contributed by atoms with van der Waals surface area (Å²) in [5, 5.41) is 2.32. The van der Waals surface area contributed by atoms with E-state index in [1.807, 2.05) is 0 Å². The molecule has 0 unspecified atom stereocenters. The van der Waals surface area contributed by atoms with Gasteiger partial charge in [0.15, 0.2) is 16.4 Å². The van der Waals surface area contributed by atoms with Crippen molar-refractivity contribution >= 4 is 21.8 Å². The molecule has 1 fully saturated rings. The first-order valence-corrected chi connectivity index (χ1v) is 8.74. The van der Waals surface area contributed by atoms with Crippen LogP contribution in [-0.4, -0.2) is 56.4 Å². The second-order valence-corrected chi connectivity index (χ2v) is 6.92. The lowest BCUT2D eigenvalue weighted by atomic mass is 10.2. The lowest BCUT2D eigenvalue weighted by Crippen LogP contribution is -2.45. The molecule has 0 aromatic heterocycles. The fraction of sp³-hybridized carbons (Fsp3) is 0.333. The summed E-state index contributed by atoms with van der Waals surface area (Å²) in [4.78, 5) is 24.5. The fourth-order valence-electron chi connectivity index (χ4n) is 2.30. The molecule has 0 spiro atoms. The third kappa shape index (κ3) is 3.63. The Labute approximate surface area is 134 Å². The second kappa shape index (κ2) is 6.71. The number of amides is 2. The molecule has 0 atom stereocenters. The van der Waals surface area contributed by atoms with E-state index in [9.17, 15) is 18.0 Å². The molecule has 1 saturated heterocycles. The van der Waals surface area contributed by atoms with Crippen molar-refractivity contribution in [1.29, 1.82) is 0 Å². The molecule has 0 aliphatic carbocycles. The maximum atomic E-state index is 12.7. The molecule has 8 heteroatoms. The third-order valence-electron chi connectivity index (χ3n) is 3.27. The predicted octanol–water partition coefficient (Wildman–Crippen LogP) is 0.923. The van der Waals surface area contributed by atoms with Crippen molar-refractivity contribution in [1.82, 2.24) is 10.0 Å². The minimum Gasteiger partial charge on any atom is -0.435 e. The van der Waals surface area contributed by atoms with Crippen LogP contribution in [0.3, 0.4) is 0 Å². The number of benzene rings is 1. The second-order valence-electron chi connectivity index (χ2n) is 4.93. The zero-order chi connectivity index (χ0) is 17.0. The summed E-state index contributed by atoms with van der Waals surface area (Å²) in [6.07, 6.45) is 5.90. The van der Waals surface area contributed by atoms with Crippen molar-refractivity contribution in [2.75, 3.05) is 26.0 Å². The first-order chi connectivity index (χ1) is 10.9. The highest BCUT2D eigenvalue weighted by molar-refractivity contribution is 7.90. The fourth-order valence-corrected chi connectivity index (χ4v) is 3.18. The van der Waals surface area contributed by atoms with Crippen molar-refractivity contribution in [2.45, 2.75) is 11.3 Å². The average Bonchev–Trinajstić information content (AvgIpc) is 3.00. The zero-order valence-electron chi connectivity index (χ0n) is 12.6. The molecule has 1 aromatic carbocycles. The van der Waals surface area contributed by atoms with Gasteiger partial charge in [0.05, 0.1) is 10.5 Å². The Bertz CT molecular complexity index is 766. The molecule has 1 aliphatic rings. The molecular weight excluding hydrogens is 320 g/mol. The van der Waals surface area contributed by atoms with E-state index in [0.29, 0.717) is 19.5 Å². The van der Waals surface area contributed by atoms with Crippen LogP contribution in [0.2, 0.25) is 0 Å². The van der Waals surface area contributed by atoms with Gasteiger partial charge in [0.2, 0.25) is 0 Å². The molecule has 2 rings (SSSR count). The minimum atomic E-state index is -3.57. The highest BCUT2D eigenvalue weighted by atomic mass is 32.2. The molecule has 0 saturated carbocycles. The molecule has 23 heavy (non-hydrogen) atoms. The van der Waals surface area contributed by atoms with Crippen molar-refractivity contribution < 1.29 is 22.7 Å². The highest BCUT2D eigenvalue weighted by Gasteiger charge is 2.34. The molecule has 1 aliphatic heterocycles. The minimum absolute atomic E-state index is 0.0200. The number of terminal acetylenes is 1. The van der Waals surface area contributed by atoms with Gasteiger partial charge < -0.3 is 4.74 Å². The Balaban J connectivity index is 2.30.